The molecule has 0 fully saturated rings. The van der Waals surface area contributed by atoms with Crippen LogP contribution in [0.25, 0.3) is 0 Å². The van der Waals surface area contributed by atoms with Gasteiger partial charge in [-0.1, -0.05) is 58.0 Å². The Balaban J connectivity index is 4.20. The zero-order valence-electron chi connectivity index (χ0n) is 18.0. The van der Waals surface area contributed by atoms with Crippen molar-refractivity contribution in [1.29, 1.82) is 0 Å². The van der Waals surface area contributed by atoms with E-state index in [2.05, 4.69) is 50.2 Å². The molecule has 0 saturated heterocycles. The van der Waals surface area contributed by atoms with Crippen molar-refractivity contribution in [1.82, 2.24) is 0 Å². The van der Waals surface area contributed by atoms with Crippen molar-refractivity contribution in [3.63, 3.8) is 0 Å². The Kier molecular flexibility index (Phi) is 14.4. The Morgan fingerprint density at radius 2 is 1.17 bits per heavy atom. The molecule has 1 atom stereocenters. The van der Waals surface area contributed by atoms with Gasteiger partial charge in [0.15, 0.2) is 6.80 Å². The van der Waals surface area contributed by atoms with Gasteiger partial charge >= 0.3 is 0 Å². The highest BCUT2D eigenvalue weighted by molar-refractivity contribution is 8.54. The Morgan fingerprint density at radius 1 is 0.759 bits per heavy atom. The Labute approximate surface area is 179 Å². The van der Waals surface area contributed by atoms with E-state index in [1.54, 1.807) is 6.08 Å². The summed E-state index contributed by atoms with van der Waals surface area (Å²) in [6, 6.07) is 0. The van der Waals surface area contributed by atoms with E-state index < -0.39 is 14.6 Å². The third-order valence-electron chi connectivity index (χ3n) is 4.02. The van der Waals surface area contributed by atoms with Crippen molar-refractivity contribution in [2.24, 2.45) is 0 Å². The van der Waals surface area contributed by atoms with E-state index in [9.17, 15) is 23.8 Å². The van der Waals surface area contributed by atoms with Crippen molar-refractivity contribution in [2.45, 2.75) is 73.1 Å². The second-order valence-corrected chi connectivity index (χ2v) is 12.5. The average Bonchev–Trinajstić information content (AvgIpc) is 2.51. The quantitative estimate of drug-likeness (QED) is 0.258. The summed E-state index contributed by atoms with van der Waals surface area (Å²) in [5.41, 5.74) is 5.07. The van der Waals surface area contributed by atoms with Crippen LogP contribution in [0.5, 0.6) is 0 Å². The highest BCUT2D eigenvalue weighted by atomic mass is 32.7. The lowest BCUT2D eigenvalue weighted by Crippen LogP contribution is -2.17. The molecule has 29 heavy (non-hydrogen) atoms. The van der Waals surface area contributed by atoms with Gasteiger partial charge in [-0.25, -0.2) is 0 Å². The molecule has 0 amide bonds. The maximum atomic E-state index is 11.3. The number of hydrogen-bond acceptors (Lipinski definition) is 7. The summed E-state index contributed by atoms with van der Waals surface area (Å²) < 4.78 is 25.3. The van der Waals surface area contributed by atoms with Gasteiger partial charge in [0.05, 0.1) is 7.82 Å². The van der Waals surface area contributed by atoms with Crippen LogP contribution in [0.2, 0.25) is 0 Å². The van der Waals surface area contributed by atoms with Gasteiger partial charge in [-0.3, -0.25) is 8.88 Å². The highest BCUT2D eigenvalue weighted by Gasteiger charge is 2.10. The second kappa shape index (κ2) is 14.6. The zero-order chi connectivity index (χ0) is 22.5. The zero-order valence-corrected chi connectivity index (χ0v) is 20.6. The maximum Gasteiger partial charge on any atom is 0.196 e. The maximum absolute atomic E-state index is 11.3. The van der Waals surface area contributed by atoms with E-state index in [4.69, 9.17) is 0 Å². The van der Waals surface area contributed by atoms with Crippen LogP contribution in [0.1, 0.15) is 73.1 Å². The molecule has 0 aliphatic heterocycles. The van der Waals surface area contributed by atoms with Crippen LogP contribution < -0.4 is 14.7 Å². The number of allylic oxidation sites excluding steroid dienone is 7. The van der Waals surface area contributed by atoms with Gasteiger partial charge < -0.3 is 19.2 Å². The first-order chi connectivity index (χ1) is 13.3. The van der Waals surface area contributed by atoms with Gasteiger partial charge in [0.25, 0.3) is 0 Å². The van der Waals surface area contributed by atoms with Crippen LogP contribution in [0.4, 0.5) is 0 Å². The van der Waals surface area contributed by atoms with Gasteiger partial charge in [-0.2, -0.15) is 0 Å². The smallest absolute Gasteiger partial charge is 0.196 e. The van der Waals surface area contributed by atoms with Gasteiger partial charge in [-0.05, 0) is 73.1 Å². The van der Waals surface area contributed by atoms with E-state index in [1.807, 2.05) is 6.92 Å². The van der Waals surface area contributed by atoms with Gasteiger partial charge in [0.1, 0.15) is 0 Å². The summed E-state index contributed by atoms with van der Waals surface area (Å²) >= 11 is 0.298. The minimum Gasteiger partial charge on any atom is -0.790 e. The summed E-state index contributed by atoms with van der Waals surface area (Å²) in [7, 11) is -5.54. The summed E-state index contributed by atoms with van der Waals surface area (Å²) in [6.45, 7) is 5.65. The Bertz CT molecular complexity index is 714. The fourth-order valence-electron chi connectivity index (χ4n) is 2.40. The molecule has 0 aromatic carbocycles. The Morgan fingerprint density at radius 3 is 1.59 bits per heavy atom. The average molecular weight is 463 g/mol. The van der Waals surface area contributed by atoms with E-state index in [0.717, 1.165) is 44.1 Å². The van der Waals surface area contributed by atoms with E-state index in [-0.39, 0.29) is 5.75 Å². The lowest BCUT2D eigenvalue weighted by atomic mass is 10.0. The van der Waals surface area contributed by atoms with Crippen molar-refractivity contribution >= 4 is 26.0 Å². The van der Waals surface area contributed by atoms with Crippen molar-refractivity contribution < 1.29 is 28.1 Å². The lowest BCUT2D eigenvalue weighted by Gasteiger charge is -2.35. The molecular formula is C20H33O6P2S-3. The fourth-order valence-corrected chi connectivity index (χ4v) is 6.04. The number of hydrogen-bond donors (Lipinski definition) is 0. The standard InChI is InChI=1S/C20H36O6P2S/c1-17(2)9-6-10-18(3)11-7-12-19(4)13-8-14-20(5)15-16-29-28(24,25)26-27(21,22)23/h9,11,13,15H,6-8,10,12,14,16H2,1-5H3,(H,24,25)(H2,21,22,23)/p-3/b18-11+,19-13+,20-15+. The minimum absolute atomic E-state index is 0.0339. The molecule has 0 bridgehead atoms. The first-order valence-electron chi connectivity index (χ1n) is 9.60. The fraction of sp³-hybridized carbons (Fsp3) is 0.600. The number of rotatable bonds is 14. The second-order valence-electron chi connectivity index (χ2n) is 7.32. The third-order valence-corrected chi connectivity index (χ3v) is 8.25. The molecule has 0 aromatic heterocycles. The first-order valence-corrected chi connectivity index (χ1v) is 14.2. The van der Waals surface area contributed by atoms with Crippen LogP contribution in [0, 0.1) is 0 Å². The molecule has 0 spiro atoms. The summed E-state index contributed by atoms with van der Waals surface area (Å²) in [5, 5.41) is 0. The lowest BCUT2D eigenvalue weighted by molar-refractivity contribution is -0.337. The van der Waals surface area contributed by atoms with Crippen LogP contribution in [-0.2, 0) is 13.4 Å². The summed E-state index contributed by atoms with van der Waals surface area (Å²) in [6.07, 6.45) is 14.3. The van der Waals surface area contributed by atoms with Crippen LogP contribution in [0.3, 0.4) is 0 Å². The molecule has 0 N–H and O–H groups in total. The molecule has 0 heterocycles. The molecule has 9 heteroatoms. The Hall–Kier alpha value is -0.390. The molecule has 168 valence electrons. The predicted molar refractivity (Wildman–Crippen MR) is 117 cm³/mol. The van der Waals surface area contributed by atoms with E-state index >= 15 is 0 Å². The molecule has 1 unspecified atom stereocenters. The predicted octanol–water partition coefficient (Wildman–Crippen LogP) is 5.18. The van der Waals surface area contributed by atoms with Crippen LogP contribution in [0.15, 0.2) is 46.6 Å². The molecule has 0 rings (SSSR count). The van der Waals surface area contributed by atoms with E-state index in [1.165, 1.54) is 16.7 Å². The van der Waals surface area contributed by atoms with Crippen LogP contribution in [-0.4, -0.2) is 5.75 Å². The molecule has 0 aliphatic rings. The third kappa shape index (κ3) is 19.3. The van der Waals surface area contributed by atoms with Crippen molar-refractivity contribution in [3.8, 4) is 0 Å². The van der Waals surface area contributed by atoms with E-state index in [0.29, 0.717) is 11.4 Å². The molecule has 0 radical (unpaired) electrons. The molecule has 0 aromatic rings. The first kappa shape index (κ1) is 28.6. The van der Waals surface area contributed by atoms with Gasteiger partial charge in [-0.15, -0.1) is 0 Å². The summed E-state index contributed by atoms with van der Waals surface area (Å²) in [5.74, 6) is 0.0339. The van der Waals surface area contributed by atoms with Gasteiger partial charge in [0, 0.05) is 5.75 Å². The molecule has 6 nitrogen and oxygen atoms in total. The van der Waals surface area contributed by atoms with Crippen LogP contribution >= 0.6 is 26.0 Å². The normalized spacial score (nSPS) is 15.9. The highest BCUT2D eigenvalue weighted by Crippen LogP contribution is 2.59. The van der Waals surface area contributed by atoms with Crippen molar-refractivity contribution in [2.75, 3.05) is 5.75 Å². The monoisotopic (exact) mass is 463 g/mol. The summed E-state index contributed by atoms with van der Waals surface area (Å²) in [4.78, 5) is 32.1. The largest absolute Gasteiger partial charge is 0.790 e. The SMILES string of the molecule is CC(C)=CCC/C(C)=C/CC/C(C)=C/CC/C(C)=C/CSP(=O)([O-])OP(=O)([O-])[O-]. The van der Waals surface area contributed by atoms with Crippen molar-refractivity contribution in [3.05, 3.63) is 46.6 Å². The molecular weight excluding hydrogens is 430 g/mol. The topological polar surface area (TPSA) is 113 Å². The number of phosphoric acid groups is 1. The van der Waals surface area contributed by atoms with Gasteiger partial charge in [0.2, 0.25) is 0 Å². The minimum atomic E-state index is -5.54. The molecule has 0 aliphatic carbocycles. The molecule has 0 saturated carbocycles.